The Morgan fingerprint density at radius 3 is 2.45 bits per heavy atom. The quantitative estimate of drug-likeness (QED) is 0.879. The van der Waals surface area contributed by atoms with Crippen LogP contribution in [0.1, 0.15) is 23.8 Å². The largest absolute Gasteiger partial charge is 0.469 e. The maximum absolute atomic E-state index is 9.82. The molecular formula is C17H23NO2. The van der Waals surface area contributed by atoms with Crippen molar-refractivity contribution in [1.82, 2.24) is 4.90 Å². The smallest absolute Gasteiger partial charge is 0.105 e. The number of aliphatic hydroxyl groups is 1. The summed E-state index contributed by atoms with van der Waals surface area (Å²) in [5, 5.41) is 9.82. The van der Waals surface area contributed by atoms with E-state index < -0.39 is 0 Å². The van der Waals surface area contributed by atoms with Crippen molar-refractivity contribution in [2.24, 2.45) is 0 Å². The molecule has 0 aliphatic carbocycles. The van der Waals surface area contributed by atoms with Gasteiger partial charge in [0.15, 0.2) is 0 Å². The first-order valence-corrected chi connectivity index (χ1v) is 6.93. The van der Waals surface area contributed by atoms with Gasteiger partial charge in [0.05, 0.1) is 12.9 Å². The summed E-state index contributed by atoms with van der Waals surface area (Å²) in [5.41, 5.74) is 2.10. The highest BCUT2D eigenvalue weighted by Gasteiger charge is 2.27. The molecule has 1 heterocycles. The minimum Gasteiger partial charge on any atom is -0.469 e. The summed E-state index contributed by atoms with van der Waals surface area (Å²) in [6.07, 6.45) is 1.72. The van der Waals surface area contributed by atoms with Crippen molar-refractivity contribution in [2.75, 3.05) is 20.2 Å². The summed E-state index contributed by atoms with van der Waals surface area (Å²) in [6, 6.07) is 12.2. The van der Waals surface area contributed by atoms with Crippen LogP contribution >= 0.6 is 0 Å². The van der Waals surface area contributed by atoms with Gasteiger partial charge >= 0.3 is 0 Å². The Morgan fingerprint density at radius 2 is 1.90 bits per heavy atom. The Hall–Kier alpha value is -1.58. The molecule has 0 amide bonds. The topological polar surface area (TPSA) is 36.6 Å². The van der Waals surface area contributed by atoms with E-state index in [2.05, 4.69) is 31.0 Å². The number of rotatable bonds is 6. The fraction of sp³-hybridized carbons (Fsp3) is 0.412. The number of aryl methyl sites for hydroxylation is 1. The van der Waals surface area contributed by atoms with Crippen molar-refractivity contribution in [3.05, 3.63) is 59.5 Å². The number of hydrogen-bond donors (Lipinski definition) is 1. The fourth-order valence-electron chi connectivity index (χ4n) is 2.59. The molecule has 0 fully saturated rings. The van der Waals surface area contributed by atoms with E-state index in [0.29, 0.717) is 0 Å². The molecule has 3 nitrogen and oxygen atoms in total. The van der Waals surface area contributed by atoms with Gasteiger partial charge in [0.2, 0.25) is 0 Å². The van der Waals surface area contributed by atoms with Crippen LogP contribution in [0.5, 0.6) is 0 Å². The molecule has 0 saturated carbocycles. The second-order valence-electron chi connectivity index (χ2n) is 5.76. The number of aliphatic hydroxyl groups excluding tert-OH is 1. The molecule has 0 aliphatic heterocycles. The zero-order valence-electron chi connectivity index (χ0n) is 12.5. The predicted molar refractivity (Wildman–Crippen MR) is 80.7 cm³/mol. The van der Waals surface area contributed by atoms with Gasteiger partial charge in [0.1, 0.15) is 5.76 Å². The standard InChI is InChI=1S/C17H23NO2/c1-14-15(9-10-20-14)11-18(3)12-17(2,13-19)16-7-5-4-6-8-16/h4-10,19H,11-13H2,1-3H3. The van der Waals surface area contributed by atoms with Crippen LogP contribution in [0.2, 0.25) is 0 Å². The van der Waals surface area contributed by atoms with Crippen molar-refractivity contribution < 1.29 is 9.52 Å². The minimum atomic E-state index is -0.256. The van der Waals surface area contributed by atoms with E-state index in [1.54, 1.807) is 6.26 Å². The number of nitrogens with zero attached hydrogens (tertiary/aromatic N) is 1. The lowest BCUT2D eigenvalue weighted by Crippen LogP contribution is -2.39. The van der Waals surface area contributed by atoms with Gasteiger partial charge in [-0.25, -0.2) is 0 Å². The fourth-order valence-corrected chi connectivity index (χ4v) is 2.59. The molecule has 2 rings (SSSR count). The van der Waals surface area contributed by atoms with Crippen LogP contribution in [-0.4, -0.2) is 30.2 Å². The number of likely N-dealkylation sites (N-methyl/N-ethyl adjacent to an activating group) is 1. The average Bonchev–Trinajstić information content (AvgIpc) is 2.85. The summed E-state index contributed by atoms with van der Waals surface area (Å²) in [4.78, 5) is 2.22. The van der Waals surface area contributed by atoms with E-state index in [9.17, 15) is 5.11 Å². The minimum absolute atomic E-state index is 0.131. The molecule has 108 valence electrons. The zero-order valence-corrected chi connectivity index (χ0v) is 12.5. The maximum atomic E-state index is 9.82. The highest BCUT2D eigenvalue weighted by Crippen LogP contribution is 2.25. The van der Waals surface area contributed by atoms with Gasteiger partial charge in [0, 0.05) is 24.1 Å². The van der Waals surface area contributed by atoms with Gasteiger partial charge in [-0.05, 0) is 25.6 Å². The van der Waals surface area contributed by atoms with Crippen LogP contribution < -0.4 is 0 Å². The Morgan fingerprint density at radius 1 is 1.20 bits per heavy atom. The summed E-state index contributed by atoms with van der Waals surface area (Å²) in [5.74, 6) is 0.960. The lowest BCUT2D eigenvalue weighted by atomic mass is 9.83. The Kier molecular flexibility index (Phi) is 4.63. The molecule has 3 heteroatoms. The van der Waals surface area contributed by atoms with Crippen LogP contribution in [0, 0.1) is 6.92 Å². The van der Waals surface area contributed by atoms with E-state index in [-0.39, 0.29) is 12.0 Å². The zero-order chi connectivity index (χ0) is 14.6. The van der Waals surface area contributed by atoms with E-state index >= 15 is 0 Å². The molecule has 2 aromatic rings. The van der Waals surface area contributed by atoms with Gasteiger partial charge in [-0.3, -0.25) is 0 Å². The second-order valence-corrected chi connectivity index (χ2v) is 5.76. The van der Waals surface area contributed by atoms with Crippen LogP contribution in [0.3, 0.4) is 0 Å². The monoisotopic (exact) mass is 273 g/mol. The van der Waals surface area contributed by atoms with Crippen LogP contribution in [0.25, 0.3) is 0 Å². The highest BCUT2D eigenvalue weighted by molar-refractivity contribution is 5.25. The molecule has 1 aromatic heterocycles. The van der Waals surface area contributed by atoms with Gasteiger partial charge in [-0.2, -0.15) is 0 Å². The molecule has 0 saturated heterocycles. The predicted octanol–water partition coefficient (Wildman–Crippen LogP) is 2.97. The summed E-state index contributed by atoms with van der Waals surface area (Å²) in [7, 11) is 2.07. The summed E-state index contributed by atoms with van der Waals surface area (Å²) >= 11 is 0. The number of hydrogen-bond acceptors (Lipinski definition) is 3. The van der Waals surface area contributed by atoms with Crippen molar-refractivity contribution in [1.29, 1.82) is 0 Å². The molecule has 0 aliphatic rings. The van der Waals surface area contributed by atoms with E-state index in [4.69, 9.17) is 4.42 Å². The first kappa shape index (κ1) is 14.8. The first-order chi connectivity index (χ1) is 9.55. The highest BCUT2D eigenvalue weighted by atomic mass is 16.3. The van der Waals surface area contributed by atoms with Gasteiger partial charge < -0.3 is 14.4 Å². The van der Waals surface area contributed by atoms with Gasteiger partial charge in [-0.1, -0.05) is 37.3 Å². The summed E-state index contributed by atoms with van der Waals surface area (Å²) < 4.78 is 5.33. The second kappa shape index (κ2) is 6.25. The number of benzene rings is 1. The van der Waals surface area contributed by atoms with E-state index in [1.807, 2.05) is 31.2 Å². The normalized spacial score (nSPS) is 14.4. The average molecular weight is 273 g/mol. The number of furan rings is 1. The van der Waals surface area contributed by atoms with E-state index in [0.717, 1.165) is 18.8 Å². The van der Waals surface area contributed by atoms with Crippen molar-refractivity contribution in [2.45, 2.75) is 25.8 Å². The molecule has 0 spiro atoms. The SMILES string of the molecule is Cc1occc1CN(C)CC(C)(CO)c1ccccc1. The third kappa shape index (κ3) is 3.30. The molecule has 1 aromatic carbocycles. The molecule has 1 unspecified atom stereocenters. The van der Waals surface area contributed by atoms with Crippen LogP contribution in [0.4, 0.5) is 0 Å². The van der Waals surface area contributed by atoms with Crippen molar-refractivity contribution >= 4 is 0 Å². The van der Waals surface area contributed by atoms with Gasteiger partial charge in [-0.15, -0.1) is 0 Å². The van der Waals surface area contributed by atoms with Gasteiger partial charge in [0.25, 0.3) is 0 Å². The first-order valence-electron chi connectivity index (χ1n) is 6.93. The molecule has 0 bridgehead atoms. The lowest BCUT2D eigenvalue weighted by molar-refractivity contribution is 0.155. The Bertz CT molecular complexity index is 535. The third-order valence-electron chi connectivity index (χ3n) is 3.85. The Labute approximate surface area is 120 Å². The molecule has 20 heavy (non-hydrogen) atoms. The van der Waals surface area contributed by atoms with E-state index in [1.165, 1.54) is 11.1 Å². The molecular weight excluding hydrogens is 250 g/mol. The third-order valence-corrected chi connectivity index (χ3v) is 3.85. The molecule has 0 radical (unpaired) electrons. The molecule has 1 atom stereocenters. The van der Waals surface area contributed by atoms with Crippen molar-refractivity contribution in [3.63, 3.8) is 0 Å². The lowest BCUT2D eigenvalue weighted by Gasteiger charge is -2.32. The van der Waals surface area contributed by atoms with Crippen LogP contribution in [0.15, 0.2) is 47.1 Å². The Balaban J connectivity index is 2.08. The summed E-state index contributed by atoms with van der Waals surface area (Å²) in [6.45, 7) is 5.82. The van der Waals surface area contributed by atoms with Crippen LogP contribution in [-0.2, 0) is 12.0 Å². The molecule has 1 N–H and O–H groups in total. The van der Waals surface area contributed by atoms with Crippen molar-refractivity contribution in [3.8, 4) is 0 Å². The maximum Gasteiger partial charge on any atom is 0.105 e.